The summed E-state index contributed by atoms with van der Waals surface area (Å²) >= 11 is 0. The second kappa shape index (κ2) is 4.72. The number of hydrogen-bond donors (Lipinski definition) is 2. The topological polar surface area (TPSA) is 53.6 Å². The fourth-order valence-corrected chi connectivity index (χ4v) is 2.35. The molecule has 3 aromatic rings. The first kappa shape index (κ1) is 11.7. The smallest absolute Gasteiger partial charge is 0.148 e. The van der Waals surface area contributed by atoms with E-state index in [4.69, 9.17) is 0 Å². The van der Waals surface area contributed by atoms with Crippen molar-refractivity contribution in [2.75, 3.05) is 11.9 Å². The summed E-state index contributed by atoms with van der Waals surface area (Å²) in [5, 5.41) is 12.9. The summed E-state index contributed by atoms with van der Waals surface area (Å²) in [5.74, 6) is 0.809. The van der Waals surface area contributed by atoms with Crippen LogP contribution in [0.3, 0.4) is 0 Å². The Morgan fingerprint density at radius 2 is 1.95 bits per heavy atom. The SMILES string of the molecule is CCNc1ccc(-c2c(C)[nH]c3ccccc23)nn1. The molecule has 96 valence electrons. The van der Waals surface area contributed by atoms with Crippen molar-refractivity contribution in [1.29, 1.82) is 0 Å². The number of benzene rings is 1. The van der Waals surface area contributed by atoms with Crippen molar-refractivity contribution in [2.24, 2.45) is 0 Å². The van der Waals surface area contributed by atoms with Crippen LogP contribution in [0.5, 0.6) is 0 Å². The van der Waals surface area contributed by atoms with Gasteiger partial charge in [0.2, 0.25) is 0 Å². The van der Waals surface area contributed by atoms with E-state index >= 15 is 0 Å². The molecule has 2 aromatic heterocycles. The third-order valence-corrected chi connectivity index (χ3v) is 3.17. The molecule has 4 heteroatoms. The second-order valence-corrected chi connectivity index (χ2v) is 4.50. The van der Waals surface area contributed by atoms with Gasteiger partial charge in [0.05, 0.1) is 5.69 Å². The highest BCUT2D eigenvalue weighted by atomic mass is 15.2. The number of hydrogen-bond acceptors (Lipinski definition) is 3. The molecule has 0 aliphatic heterocycles. The lowest BCUT2D eigenvalue weighted by atomic mass is 10.1. The summed E-state index contributed by atoms with van der Waals surface area (Å²) in [6.07, 6.45) is 0. The van der Waals surface area contributed by atoms with E-state index in [2.05, 4.69) is 39.6 Å². The van der Waals surface area contributed by atoms with E-state index in [9.17, 15) is 0 Å². The fraction of sp³-hybridized carbons (Fsp3) is 0.200. The maximum absolute atomic E-state index is 4.32. The quantitative estimate of drug-likeness (QED) is 0.751. The molecular formula is C15H16N4. The highest BCUT2D eigenvalue weighted by Gasteiger charge is 2.11. The van der Waals surface area contributed by atoms with E-state index in [1.807, 2.05) is 31.2 Å². The van der Waals surface area contributed by atoms with Gasteiger partial charge >= 0.3 is 0 Å². The van der Waals surface area contributed by atoms with Crippen LogP contribution in [0.4, 0.5) is 5.82 Å². The molecular weight excluding hydrogens is 236 g/mol. The Labute approximate surface area is 111 Å². The molecule has 2 N–H and O–H groups in total. The molecule has 4 nitrogen and oxygen atoms in total. The van der Waals surface area contributed by atoms with Gasteiger partial charge in [-0.3, -0.25) is 0 Å². The molecule has 0 amide bonds. The van der Waals surface area contributed by atoms with Crippen LogP contribution in [-0.4, -0.2) is 21.7 Å². The number of nitrogens with zero attached hydrogens (tertiary/aromatic N) is 2. The summed E-state index contributed by atoms with van der Waals surface area (Å²) in [4.78, 5) is 3.38. The van der Waals surface area contributed by atoms with Crippen LogP contribution >= 0.6 is 0 Å². The van der Waals surface area contributed by atoms with Gasteiger partial charge in [0, 0.05) is 28.7 Å². The fourth-order valence-electron chi connectivity index (χ4n) is 2.35. The molecule has 0 saturated heterocycles. The summed E-state index contributed by atoms with van der Waals surface area (Å²) in [6.45, 7) is 4.95. The molecule has 0 fully saturated rings. The Kier molecular flexibility index (Phi) is 2.91. The average Bonchev–Trinajstić information content (AvgIpc) is 2.76. The van der Waals surface area contributed by atoms with Crippen molar-refractivity contribution < 1.29 is 0 Å². The van der Waals surface area contributed by atoms with Crippen molar-refractivity contribution >= 4 is 16.7 Å². The van der Waals surface area contributed by atoms with Gasteiger partial charge in [-0.05, 0) is 32.0 Å². The molecule has 0 atom stereocenters. The molecule has 1 aromatic carbocycles. The molecule has 0 saturated carbocycles. The molecule has 0 aliphatic rings. The number of rotatable bonds is 3. The standard InChI is InChI=1S/C15H16N4/c1-3-16-14-9-8-13(18-19-14)15-10(2)17-12-7-5-4-6-11(12)15/h4-9,17H,3H2,1-2H3,(H,16,19). The van der Waals surface area contributed by atoms with E-state index in [0.29, 0.717) is 0 Å². The number of H-pyrrole nitrogens is 1. The van der Waals surface area contributed by atoms with Crippen molar-refractivity contribution in [2.45, 2.75) is 13.8 Å². The third-order valence-electron chi connectivity index (χ3n) is 3.17. The Morgan fingerprint density at radius 1 is 1.11 bits per heavy atom. The number of aromatic amines is 1. The molecule has 3 rings (SSSR count). The molecule has 2 heterocycles. The van der Waals surface area contributed by atoms with Gasteiger partial charge in [-0.25, -0.2) is 0 Å². The van der Waals surface area contributed by atoms with Crippen molar-refractivity contribution in [3.05, 3.63) is 42.1 Å². The highest BCUT2D eigenvalue weighted by molar-refractivity contribution is 5.96. The van der Waals surface area contributed by atoms with Crippen LogP contribution in [0, 0.1) is 6.92 Å². The lowest BCUT2D eigenvalue weighted by Gasteiger charge is -2.03. The predicted octanol–water partition coefficient (Wildman–Crippen LogP) is 3.37. The van der Waals surface area contributed by atoms with Crippen molar-refractivity contribution in [3.63, 3.8) is 0 Å². The zero-order chi connectivity index (χ0) is 13.2. The highest BCUT2D eigenvalue weighted by Crippen LogP contribution is 2.30. The number of nitrogens with one attached hydrogen (secondary N) is 2. The number of aromatic nitrogens is 3. The first-order chi connectivity index (χ1) is 9.29. The van der Waals surface area contributed by atoms with Gasteiger partial charge < -0.3 is 10.3 Å². The van der Waals surface area contributed by atoms with Crippen molar-refractivity contribution in [1.82, 2.24) is 15.2 Å². The summed E-state index contributed by atoms with van der Waals surface area (Å²) in [5.41, 5.74) is 4.28. The largest absolute Gasteiger partial charge is 0.369 e. The molecule has 0 spiro atoms. The minimum Gasteiger partial charge on any atom is -0.369 e. The van der Waals surface area contributed by atoms with E-state index < -0.39 is 0 Å². The van der Waals surface area contributed by atoms with Gasteiger partial charge in [-0.1, -0.05) is 18.2 Å². The lowest BCUT2D eigenvalue weighted by molar-refractivity contribution is 1.02. The molecule has 0 unspecified atom stereocenters. The number of anilines is 1. The van der Waals surface area contributed by atoms with E-state index in [-0.39, 0.29) is 0 Å². The predicted molar refractivity (Wildman–Crippen MR) is 78.2 cm³/mol. The molecule has 0 bridgehead atoms. The lowest BCUT2D eigenvalue weighted by Crippen LogP contribution is -2.00. The Balaban J connectivity index is 2.10. The Hall–Kier alpha value is -2.36. The van der Waals surface area contributed by atoms with Gasteiger partial charge in [0.15, 0.2) is 0 Å². The van der Waals surface area contributed by atoms with Gasteiger partial charge in [-0.2, -0.15) is 0 Å². The Bertz CT molecular complexity index is 698. The van der Waals surface area contributed by atoms with Crippen molar-refractivity contribution in [3.8, 4) is 11.3 Å². The van der Waals surface area contributed by atoms with Gasteiger partial charge in [0.25, 0.3) is 0 Å². The zero-order valence-corrected chi connectivity index (χ0v) is 11.1. The minimum atomic E-state index is 0.809. The Morgan fingerprint density at radius 3 is 2.68 bits per heavy atom. The number of fused-ring (bicyclic) bond motifs is 1. The van der Waals surface area contributed by atoms with E-state index in [1.54, 1.807) is 0 Å². The maximum atomic E-state index is 4.32. The van der Waals surface area contributed by atoms with Crippen LogP contribution < -0.4 is 5.32 Å². The van der Waals surface area contributed by atoms with Crippen LogP contribution in [0.1, 0.15) is 12.6 Å². The maximum Gasteiger partial charge on any atom is 0.148 e. The van der Waals surface area contributed by atoms with Gasteiger partial charge in [-0.15, -0.1) is 10.2 Å². The molecule has 0 aliphatic carbocycles. The van der Waals surface area contributed by atoms with Crippen LogP contribution in [0.2, 0.25) is 0 Å². The summed E-state index contributed by atoms with van der Waals surface area (Å²) < 4.78 is 0. The normalized spacial score (nSPS) is 10.8. The molecule has 19 heavy (non-hydrogen) atoms. The van der Waals surface area contributed by atoms with Gasteiger partial charge in [0.1, 0.15) is 5.82 Å². The summed E-state index contributed by atoms with van der Waals surface area (Å²) in [7, 11) is 0. The van der Waals surface area contributed by atoms with Crippen LogP contribution in [-0.2, 0) is 0 Å². The second-order valence-electron chi connectivity index (χ2n) is 4.50. The minimum absolute atomic E-state index is 0.809. The first-order valence-corrected chi connectivity index (χ1v) is 6.45. The number of para-hydroxylation sites is 1. The monoisotopic (exact) mass is 252 g/mol. The van der Waals surface area contributed by atoms with E-state index in [1.165, 1.54) is 5.39 Å². The third kappa shape index (κ3) is 2.05. The van der Waals surface area contributed by atoms with E-state index in [0.717, 1.165) is 34.8 Å². The van der Waals surface area contributed by atoms with Crippen LogP contribution in [0.25, 0.3) is 22.2 Å². The molecule has 0 radical (unpaired) electrons. The summed E-state index contributed by atoms with van der Waals surface area (Å²) in [6, 6.07) is 12.2. The first-order valence-electron chi connectivity index (χ1n) is 6.45. The number of aryl methyl sites for hydroxylation is 1. The zero-order valence-electron chi connectivity index (χ0n) is 11.1. The van der Waals surface area contributed by atoms with Crippen LogP contribution in [0.15, 0.2) is 36.4 Å². The average molecular weight is 252 g/mol.